The van der Waals surface area contributed by atoms with Gasteiger partial charge in [-0.15, -0.1) is 0 Å². The Labute approximate surface area is 205 Å². The fraction of sp³-hybridized carbons (Fsp3) is 0.815. The van der Waals surface area contributed by atoms with Crippen molar-refractivity contribution in [2.75, 3.05) is 7.05 Å². The first-order valence-corrected chi connectivity index (χ1v) is 13.4. The third kappa shape index (κ3) is 3.94. The number of fused-ring (bicyclic) bond motifs is 5. The maximum absolute atomic E-state index is 13.9. The molecule has 2 amide bonds. The highest BCUT2D eigenvalue weighted by Crippen LogP contribution is 2.64. The Kier molecular flexibility index (Phi) is 6.48. The third-order valence-electron chi connectivity index (χ3n) is 9.51. The van der Waals surface area contributed by atoms with Crippen LogP contribution in [-0.2, 0) is 9.59 Å². The smallest absolute Gasteiger partial charge is 0.241 e. The van der Waals surface area contributed by atoms with Crippen LogP contribution in [0.4, 0.5) is 0 Å². The minimum atomic E-state index is -0.679. The van der Waals surface area contributed by atoms with Gasteiger partial charge in [0.05, 0.1) is 0 Å². The number of rotatable bonds is 3. The van der Waals surface area contributed by atoms with Gasteiger partial charge in [0.15, 0.2) is 5.11 Å². The van der Waals surface area contributed by atoms with Crippen LogP contribution in [0.3, 0.4) is 0 Å². The minimum absolute atomic E-state index is 0.0818. The van der Waals surface area contributed by atoms with Crippen LogP contribution in [0.25, 0.3) is 0 Å². The molecular formula is C27H43N3O2S. The monoisotopic (exact) mass is 473 g/mol. The molecular weight excluding hydrogens is 430 g/mol. The molecule has 0 bridgehead atoms. The van der Waals surface area contributed by atoms with E-state index in [4.69, 9.17) is 12.2 Å². The number of amides is 2. The average molecular weight is 474 g/mol. The van der Waals surface area contributed by atoms with Crippen LogP contribution in [0, 0.1) is 34.5 Å². The van der Waals surface area contributed by atoms with Gasteiger partial charge in [-0.1, -0.05) is 26.3 Å². The Morgan fingerprint density at radius 1 is 1.18 bits per heavy atom. The Balaban J connectivity index is 1.65. The van der Waals surface area contributed by atoms with Crippen LogP contribution in [0.2, 0.25) is 0 Å². The number of allylic oxidation sites excluding steroid dienone is 2. The SMILES string of the molecule is CC(C)NC(=S)N(C(=O)C1C[C@@]2(C)C(=CC[C@@H]3[C@H]2CC[C@]2(C)CCC[C@@H]32)N(C)C1=O)C(C)C. The molecule has 6 heteroatoms. The summed E-state index contributed by atoms with van der Waals surface area (Å²) in [6, 6.07) is 0.0254. The van der Waals surface area contributed by atoms with E-state index in [-0.39, 0.29) is 29.3 Å². The second-order valence-corrected chi connectivity index (χ2v) is 12.7. The fourth-order valence-electron chi connectivity index (χ4n) is 7.98. The van der Waals surface area contributed by atoms with Crippen LogP contribution in [0.15, 0.2) is 11.8 Å². The normalized spacial score (nSPS) is 37.9. The molecule has 0 aromatic carbocycles. The van der Waals surface area contributed by atoms with E-state index in [1.54, 1.807) is 4.90 Å². The molecule has 1 unspecified atom stereocenters. The largest absolute Gasteiger partial charge is 0.360 e. The number of piperidine rings is 1. The maximum Gasteiger partial charge on any atom is 0.241 e. The molecule has 2 saturated carbocycles. The number of hydrogen-bond acceptors (Lipinski definition) is 3. The van der Waals surface area contributed by atoms with Crippen molar-refractivity contribution in [3.63, 3.8) is 0 Å². The van der Waals surface area contributed by atoms with Gasteiger partial charge >= 0.3 is 0 Å². The lowest BCUT2D eigenvalue weighted by atomic mass is 9.49. The summed E-state index contributed by atoms with van der Waals surface area (Å²) in [4.78, 5) is 30.8. The summed E-state index contributed by atoms with van der Waals surface area (Å²) < 4.78 is 0. The van der Waals surface area contributed by atoms with Gasteiger partial charge in [0.25, 0.3) is 0 Å². The van der Waals surface area contributed by atoms with Gasteiger partial charge in [0.2, 0.25) is 11.8 Å². The van der Waals surface area contributed by atoms with Crippen molar-refractivity contribution < 1.29 is 9.59 Å². The molecule has 6 atom stereocenters. The zero-order valence-electron chi connectivity index (χ0n) is 21.6. The van der Waals surface area contributed by atoms with Crippen molar-refractivity contribution in [2.24, 2.45) is 34.5 Å². The minimum Gasteiger partial charge on any atom is -0.360 e. The average Bonchev–Trinajstić information content (AvgIpc) is 3.11. The molecule has 3 aliphatic carbocycles. The second-order valence-electron chi connectivity index (χ2n) is 12.3. The molecule has 4 rings (SSSR count). The zero-order chi connectivity index (χ0) is 24.3. The Morgan fingerprint density at radius 3 is 2.52 bits per heavy atom. The molecule has 4 aliphatic rings. The fourth-order valence-corrected chi connectivity index (χ4v) is 8.51. The third-order valence-corrected chi connectivity index (χ3v) is 9.82. The standard InChI is InChI=1S/C27H43N3O2S/c1-16(2)28-25(33)30(17(3)4)24(32)19-15-27(6)21-12-14-26(5)13-8-9-20(26)18(21)10-11-22(27)29(7)23(19)31/h11,16-21H,8-10,12-15H2,1-7H3,(H,28,33)/t18-,19?,20-,21+,26-,27+/m0/s1. The van der Waals surface area contributed by atoms with E-state index in [1.807, 2.05) is 39.6 Å². The lowest BCUT2D eigenvalue weighted by molar-refractivity contribution is -0.152. The molecule has 1 aliphatic heterocycles. The van der Waals surface area contributed by atoms with E-state index < -0.39 is 5.92 Å². The van der Waals surface area contributed by atoms with Gasteiger partial charge in [-0.25, -0.2) is 0 Å². The van der Waals surface area contributed by atoms with E-state index in [0.29, 0.717) is 28.8 Å². The maximum atomic E-state index is 13.9. The van der Waals surface area contributed by atoms with Crippen LogP contribution >= 0.6 is 12.2 Å². The Hall–Kier alpha value is -1.43. The number of carbonyl (C=O) groups excluding carboxylic acids is 2. The molecule has 3 fully saturated rings. The van der Waals surface area contributed by atoms with Crippen molar-refractivity contribution in [1.82, 2.24) is 15.1 Å². The highest BCUT2D eigenvalue weighted by atomic mass is 32.1. The van der Waals surface area contributed by atoms with Crippen molar-refractivity contribution in [1.29, 1.82) is 0 Å². The first-order chi connectivity index (χ1) is 15.4. The van der Waals surface area contributed by atoms with E-state index in [9.17, 15) is 9.59 Å². The first-order valence-electron chi connectivity index (χ1n) is 13.0. The van der Waals surface area contributed by atoms with Gasteiger partial charge in [-0.3, -0.25) is 14.5 Å². The summed E-state index contributed by atoms with van der Waals surface area (Å²) in [5.74, 6) is 1.07. The number of carbonyl (C=O) groups is 2. The summed E-state index contributed by atoms with van der Waals surface area (Å²) in [5.41, 5.74) is 1.49. The summed E-state index contributed by atoms with van der Waals surface area (Å²) in [6.45, 7) is 12.8. The van der Waals surface area contributed by atoms with Gasteiger partial charge in [-0.05, 0) is 102 Å². The van der Waals surface area contributed by atoms with Crippen LogP contribution in [0.5, 0.6) is 0 Å². The van der Waals surface area contributed by atoms with Crippen molar-refractivity contribution in [3.8, 4) is 0 Å². The molecule has 1 heterocycles. The molecule has 0 aromatic heterocycles. The number of nitrogens with one attached hydrogen (secondary N) is 1. The molecule has 1 N–H and O–H groups in total. The van der Waals surface area contributed by atoms with Crippen molar-refractivity contribution in [2.45, 2.75) is 98.6 Å². The van der Waals surface area contributed by atoms with Gasteiger partial charge in [-0.2, -0.15) is 0 Å². The summed E-state index contributed by atoms with van der Waals surface area (Å²) in [7, 11) is 1.87. The molecule has 33 heavy (non-hydrogen) atoms. The summed E-state index contributed by atoms with van der Waals surface area (Å²) in [6.07, 6.45) is 10.5. The van der Waals surface area contributed by atoms with E-state index in [2.05, 4.69) is 25.2 Å². The topological polar surface area (TPSA) is 52.7 Å². The number of hydrogen-bond donors (Lipinski definition) is 1. The van der Waals surface area contributed by atoms with E-state index in [1.165, 1.54) is 32.1 Å². The van der Waals surface area contributed by atoms with Gasteiger partial charge < -0.3 is 10.2 Å². The summed E-state index contributed by atoms with van der Waals surface area (Å²) in [5, 5.41) is 3.63. The molecule has 0 spiro atoms. The number of likely N-dealkylation sites (tertiary alicyclic amines) is 1. The highest BCUT2D eigenvalue weighted by molar-refractivity contribution is 7.80. The quantitative estimate of drug-likeness (QED) is 0.457. The van der Waals surface area contributed by atoms with Crippen molar-refractivity contribution >= 4 is 29.1 Å². The predicted molar refractivity (Wildman–Crippen MR) is 136 cm³/mol. The molecule has 5 nitrogen and oxygen atoms in total. The lowest BCUT2D eigenvalue weighted by Gasteiger charge is -2.58. The predicted octanol–water partition coefficient (Wildman–Crippen LogP) is 5.11. The molecule has 0 radical (unpaired) electrons. The number of nitrogens with zero attached hydrogens (tertiary/aromatic N) is 2. The van der Waals surface area contributed by atoms with Gasteiger partial charge in [0, 0.05) is 30.2 Å². The Morgan fingerprint density at radius 2 is 1.88 bits per heavy atom. The molecule has 0 aromatic rings. The molecule has 184 valence electrons. The highest BCUT2D eigenvalue weighted by Gasteiger charge is 2.59. The Bertz CT molecular complexity index is 867. The number of thiocarbonyl (C=S) groups is 1. The van der Waals surface area contributed by atoms with E-state index in [0.717, 1.165) is 18.0 Å². The van der Waals surface area contributed by atoms with Gasteiger partial charge in [0.1, 0.15) is 5.92 Å². The zero-order valence-corrected chi connectivity index (χ0v) is 22.4. The first kappa shape index (κ1) is 24.7. The van der Waals surface area contributed by atoms with Crippen LogP contribution < -0.4 is 5.32 Å². The summed E-state index contributed by atoms with van der Waals surface area (Å²) >= 11 is 5.60. The van der Waals surface area contributed by atoms with Crippen LogP contribution in [-0.4, -0.2) is 45.9 Å². The molecule has 1 saturated heterocycles. The lowest BCUT2D eigenvalue weighted by Crippen LogP contribution is -2.59. The van der Waals surface area contributed by atoms with Crippen molar-refractivity contribution in [3.05, 3.63) is 11.8 Å². The second kappa shape index (κ2) is 8.66. The van der Waals surface area contributed by atoms with Crippen LogP contribution in [0.1, 0.15) is 86.5 Å². The van der Waals surface area contributed by atoms with E-state index >= 15 is 0 Å².